The molecule has 0 saturated carbocycles. The van der Waals surface area contributed by atoms with Crippen LogP contribution in [0.2, 0.25) is 5.15 Å². The molecule has 0 saturated heterocycles. The van der Waals surface area contributed by atoms with Gasteiger partial charge in [-0.15, -0.1) is 0 Å². The molecule has 154 valence electrons. The Morgan fingerprint density at radius 3 is 2.24 bits per heavy atom. The number of anilines is 1. The second kappa shape index (κ2) is 7.82. The van der Waals surface area contributed by atoms with Crippen molar-refractivity contribution in [3.05, 3.63) is 51.6 Å². The van der Waals surface area contributed by atoms with Crippen LogP contribution in [0.3, 0.4) is 0 Å². The fourth-order valence-electron chi connectivity index (χ4n) is 2.33. The van der Waals surface area contributed by atoms with E-state index in [1.807, 2.05) is 5.32 Å². The summed E-state index contributed by atoms with van der Waals surface area (Å²) in [6.45, 7) is 0.779. The molecule has 1 aromatic carbocycles. The maximum absolute atomic E-state index is 14.3. The number of benzene rings is 1. The van der Waals surface area contributed by atoms with E-state index in [-0.39, 0.29) is 5.95 Å². The molecule has 0 bridgehead atoms. The molecule has 1 N–H and O–H groups in total. The van der Waals surface area contributed by atoms with Crippen LogP contribution in [0.5, 0.6) is 0 Å². The summed E-state index contributed by atoms with van der Waals surface area (Å²) in [5, 5.41) is 5.35. The van der Waals surface area contributed by atoms with Crippen LogP contribution in [0.25, 0.3) is 17.1 Å². The van der Waals surface area contributed by atoms with Crippen LogP contribution in [-0.2, 0) is 0 Å². The average molecular weight is 501 g/mol. The van der Waals surface area contributed by atoms with Crippen LogP contribution in [0, 0.1) is 17.5 Å². The molecule has 0 spiro atoms. The van der Waals surface area contributed by atoms with Crippen LogP contribution in [0.1, 0.15) is 6.92 Å². The van der Waals surface area contributed by atoms with Crippen molar-refractivity contribution in [3.63, 3.8) is 0 Å². The Hall–Kier alpha value is -2.34. The van der Waals surface area contributed by atoms with Gasteiger partial charge in [-0.2, -0.15) is 28.2 Å². The van der Waals surface area contributed by atoms with E-state index in [0.29, 0.717) is 16.6 Å². The highest BCUT2D eigenvalue weighted by molar-refractivity contribution is 9.10. The number of hydrogen-bond acceptors (Lipinski definition) is 4. The maximum atomic E-state index is 14.3. The van der Waals surface area contributed by atoms with Crippen molar-refractivity contribution in [1.29, 1.82) is 0 Å². The van der Waals surface area contributed by atoms with Crippen molar-refractivity contribution in [2.24, 2.45) is 0 Å². The minimum Gasteiger partial charge on any atom is -0.358 e. The summed E-state index contributed by atoms with van der Waals surface area (Å²) in [4.78, 5) is 7.75. The van der Waals surface area contributed by atoms with Crippen LogP contribution < -0.4 is 5.32 Å². The number of alkyl halides is 3. The summed E-state index contributed by atoms with van der Waals surface area (Å²) in [7, 11) is 0. The molecular weight excluding hydrogens is 492 g/mol. The Balaban J connectivity index is 2.24. The molecule has 0 aliphatic rings. The van der Waals surface area contributed by atoms with E-state index in [0.717, 1.165) is 11.6 Å². The average Bonchev–Trinajstić information content (AvgIpc) is 3.01. The van der Waals surface area contributed by atoms with Crippen molar-refractivity contribution in [3.8, 4) is 17.1 Å². The summed E-state index contributed by atoms with van der Waals surface area (Å²) in [5.41, 5.74) is -1.46. The zero-order valence-corrected chi connectivity index (χ0v) is 16.5. The zero-order chi connectivity index (χ0) is 21.5. The Bertz CT molecular complexity index is 1050. The SMILES string of the molecule is C[C@H](Nc1nc(-n2cc(Br)cn2)nc(Cl)c1-c1c(F)cc(F)cc1F)C(F)(F)F. The third kappa shape index (κ3) is 4.47. The fraction of sp³-hybridized carbons (Fsp3) is 0.188. The predicted molar refractivity (Wildman–Crippen MR) is 96.3 cm³/mol. The highest BCUT2D eigenvalue weighted by Gasteiger charge is 2.37. The number of nitrogens with zero attached hydrogens (tertiary/aromatic N) is 4. The Labute approximate surface area is 172 Å². The van der Waals surface area contributed by atoms with E-state index in [1.165, 1.54) is 12.4 Å². The lowest BCUT2D eigenvalue weighted by atomic mass is 10.1. The van der Waals surface area contributed by atoms with E-state index in [4.69, 9.17) is 11.6 Å². The van der Waals surface area contributed by atoms with E-state index in [1.54, 1.807) is 0 Å². The quantitative estimate of drug-likeness (QED) is 0.378. The van der Waals surface area contributed by atoms with Gasteiger partial charge >= 0.3 is 6.18 Å². The standard InChI is InChI=1S/C16H9BrClF6N5/c1-6(16(22,23)24)26-14-12(11-9(20)2-8(19)3-10(11)21)13(18)27-15(28-14)29-5-7(17)4-25-29/h2-6H,1H3,(H,26,27,28)/t6-/m0/s1. The van der Waals surface area contributed by atoms with Gasteiger partial charge in [-0.05, 0) is 22.9 Å². The molecule has 0 unspecified atom stereocenters. The third-order valence-corrected chi connectivity index (χ3v) is 4.39. The first-order valence-electron chi connectivity index (χ1n) is 7.73. The van der Waals surface area contributed by atoms with Gasteiger partial charge in [-0.1, -0.05) is 11.6 Å². The first-order chi connectivity index (χ1) is 13.5. The molecule has 0 aliphatic heterocycles. The van der Waals surface area contributed by atoms with Gasteiger partial charge in [0.05, 0.1) is 21.8 Å². The highest BCUT2D eigenvalue weighted by Crippen LogP contribution is 2.38. The lowest BCUT2D eigenvalue weighted by Gasteiger charge is -2.21. The van der Waals surface area contributed by atoms with Gasteiger partial charge in [0.1, 0.15) is 34.5 Å². The molecule has 29 heavy (non-hydrogen) atoms. The largest absolute Gasteiger partial charge is 0.408 e. The maximum Gasteiger partial charge on any atom is 0.408 e. The normalized spacial score (nSPS) is 12.9. The lowest BCUT2D eigenvalue weighted by Crippen LogP contribution is -2.34. The Kier molecular flexibility index (Phi) is 5.77. The van der Waals surface area contributed by atoms with E-state index in [9.17, 15) is 26.3 Å². The van der Waals surface area contributed by atoms with Crippen molar-refractivity contribution in [2.75, 3.05) is 5.32 Å². The van der Waals surface area contributed by atoms with Gasteiger partial charge in [0, 0.05) is 18.3 Å². The highest BCUT2D eigenvalue weighted by atomic mass is 79.9. The van der Waals surface area contributed by atoms with Gasteiger partial charge in [-0.3, -0.25) is 0 Å². The summed E-state index contributed by atoms with van der Waals surface area (Å²) in [6.07, 6.45) is -1.96. The van der Waals surface area contributed by atoms with Gasteiger partial charge in [0.2, 0.25) is 0 Å². The van der Waals surface area contributed by atoms with Gasteiger partial charge in [-0.25, -0.2) is 17.9 Å². The minimum absolute atomic E-state index is 0.260. The molecule has 13 heteroatoms. The van der Waals surface area contributed by atoms with Crippen LogP contribution >= 0.6 is 27.5 Å². The van der Waals surface area contributed by atoms with E-state index < -0.39 is 51.8 Å². The molecule has 3 aromatic rings. The summed E-state index contributed by atoms with van der Waals surface area (Å²) < 4.78 is 82.6. The van der Waals surface area contributed by atoms with Gasteiger partial charge in [0.25, 0.3) is 5.95 Å². The number of rotatable bonds is 4. The molecule has 1 atom stereocenters. The van der Waals surface area contributed by atoms with Gasteiger partial charge in [0.15, 0.2) is 0 Å². The summed E-state index contributed by atoms with van der Waals surface area (Å²) in [5.74, 6) is -4.85. The number of halogens is 8. The zero-order valence-electron chi connectivity index (χ0n) is 14.2. The molecule has 0 radical (unpaired) electrons. The molecule has 2 heterocycles. The topological polar surface area (TPSA) is 55.6 Å². The summed E-state index contributed by atoms with van der Waals surface area (Å²) in [6, 6.07) is -1.43. The second-order valence-corrected chi connectivity index (χ2v) is 7.07. The molecule has 0 amide bonds. The van der Waals surface area contributed by atoms with E-state index >= 15 is 0 Å². The molecule has 2 aromatic heterocycles. The third-order valence-electron chi connectivity index (χ3n) is 3.71. The van der Waals surface area contributed by atoms with Crippen molar-refractivity contribution >= 4 is 33.3 Å². The van der Waals surface area contributed by atoms with Crippen LogP contribution in [0.15, 0.2) is 29.0 Å². The van der Waals surface area contributed by atoms with Crippen LogP contribution in [0.4, 0.5) is 32.2 Å². The molecular formula is C16H9BrClF6N5. The lowest BCUT2D eigenvalue weighted by molar-refractivity contribution is -0.138. The van der Waals surface area contributed by atoms with Crippen molar-refractivity contribution in [2.45, 2.75) is 19.1 Å². The Morgan fingerprint density at radius 1 is 1.10 bits per heavy atom. The fourth-order valence-corrected chi connectivity index (χ4v) is 2.87. The first kappa shape index (κ1) is 21.4. The van der Waals surface area contributed by atoms with Gasteiger partial charge < -0.3 is 5.32 Å². The molecule has 3 rings (SSSR count). The number of aromatic nitrogens is 4. The summed E-state index contributed by atoms with van der Waals surface area (Å²) >= 11 is 9.19. The van der Waals surface area contributed by atoms with Crippen LogP contribution in [-0.4, -0.2) is 32.0 Å². The minimum atomic E-state index is -4.70. The Morgan fingerprint density at radius 2 is 1.72 bits per heavy atom. The monoisotopic (exact) mass is 499 g/mol. The number of nitrogens with one attached hydrogen (secondary N) is 1. The smallest absolute Gasteiger partial charge is 0.358 e. The second-order valence-electron chi connectivity index (χ2n) is 5.79. The van der Waals surface area contributed by atoms with E-state index in [2.05, 4.69) is 31.0 Å². The van der Waals surface area contributed by atoms with Crippen molar-refractivity contribution in [1.82, 2.24) is 19.7 Å². The van der Waals surface area contributed by atoms with Crippen molar-refractivity contribution < 1.29 is 26.3 Å². The molecule has 5 nitrogen and oxygen atoms in total. The first-order valence-corrected chi connectivity index (χ1v) is 8.90. The molecule has 0 fully saturated rings. The number of hydrogen-bond donors (Lipinski definition) is 1. The predicted octanol–water partition coefficient (Wildman–Crippen LogP) is 5.53. The molecule has 0 aliphatic carbocycles.